The Bertz CT molecular complexity index is 667. The summed E-state index contributed by atoms with van der Waals surface area (Å²) in [5, 5.41) is 6.28. The van der Waals surface area contributed by atoms with Crippen LogP contribution in [0.1, 0.15) is 22.7 Å². The Kier molecular flexibility index (Phi) is 6.70. The molecule has 0 unspecified atom stereocenters. The lowest BCUT2D eigenvalue weighted by Gasteiger charge is -2.11. The zero-order chi connectivity index (χ0) is 17.2. The smallest absolute Gasteiger partial charge is 0.284 e. The molecule has 0 saturated heterocycles. The predicted molar refractivity (Wildman–Crippen MR) is 92.0 cm³/mol. The van der Waals surface area contributed by atoms with Crippen LogP contribution >= 0.6 is 0 Å². The van der Waals surface area contributed by atoms with Gasteiger partial charge in [0.05, 0.1) is 13.2 Å². The summed E-state index contributed by atoms with van der Waals surface area (Å²) in [5.74, 6) is 1.68. The fourth-order valence-electron chi connectivity index (χ4n) is 1.98. The average molecular weight is 330 g/mol. The van der Waals surface area contributed by atoms with Crippen molar-refractivity contribution in [1.29, 1.82) is 0 Å². The Morgan fingerprint density at radius 2 is 2.00 bits per heavy atom. The number of carbonyl (C=O) groups is 1. The second kappa shape index (κ2) is 9.24. The van der Waals surface area contributed by atoms with Crippen molar-refractivity contribution in [3.05, 3.63) is 54.0 Å². The van der Waals surface area contributed by atoms with Crippen molar-refractivity contribution in [2.75, 3.05) is 20.2 Å². The van der Waals surface area contributed by atoms with Crippen LogP contribution in [0.4, 0.5) is 0 Å². The van der Waals surface area contributed by atoms with E-state index in [4.69, 9.17) is 14.9 Å². The first-order valence-electron chi connectivity index (χ1n) is 7.70. The van der Waals surface area contributed by atoms with Gasteiger partial charge in [0.25, 0.3) is 5.91 Å². The number of guanidine groups is 1. The van der Waals surface area contributed by atoms with Crippen LogP contribution in [0.25, 0.3) is 0 Å². The normalized spacial score (nSPS) is 11.1. The molecule has 0 fully saturated rings. The molecule has 0 radical (unpaired) electrons. The lowest BCUT2D eigenvalue weighted by Crippen LogP contribution is -2.37. The van der Waals surface area contributed by atoms with E-state index >= 15 is 0 Å². The molecule has 4 N–H and O–H groups in total. The fourth-order valence-corrected chi connectivity index (χ4v) is 1.98. The van der Waals surface area contributed by atoms with Crippen LogP contribution in [0, 0.1) is 0 Å². The number of carbonyl (C=O) groups excluding carboxylic acids is 1. The van der Waals surface area contributed by atoms with Crippen LogP contribution in [0.5, 0.6) is 5.75 Å². The van der Waals surface area contributed by atoms with Crippen LogP contribution in [-0.4, -0.2) is 32.1 Å². The van der Waals surface area contributed by atoms with E-state index in [0.29, 0.717) is 24.9 Å². The van der Waals surface area contributed by atoms with Gasteiger partial charge in [-0.2, -0.15) is 0 Å². The zero-order valence-corrected chi connectivity index (χ0v) is 13.6. The van der Waals surface area contributed by atoms with Crippen LogP contribution in [0.15, 0.2) is 51.9 Å². The van der Waals surface area contributed by atoms with Crippen LogP contribution < -0.4 is 21.1 Å². The molecule has 2 rings (SSSR count). The van der Waals surface area contributed by atoms with Crippen LogP contribution in [0.2, 0.25) is 0 Å². The number of amides is 1. The molecule has 0 atom stereocenters. The van der Waals surface area contributed by atoms with E-state index in [0.717, 1.165) is 18.7 Å². The number of primary amides is 1. The van der Waals surface area contributed by atoms with Crippen molar-refractivity contribution in [3.8, 4) is 5.75 Å². The number of nitrogens with zero attached hydrogens (tertiary/aromatic N) is 1. The number of rotatable bonds is 8. The van der Waals surface area contributed by atoms with E-state index in [1.807, 2.05) is 30.3 Å². The lowest BCUT2D eigenvalue weighted by atomic mass is 10.3. The molecule has 1 aromatic carbocycles. The molecule has 0 aliphatic rings. The summed E-state index contributed by atoms with van der Waals surface area (Å²) in [4.78, 5) is 15.1. The standard InChI is InChI=1S/C17H22N4O3/c1-19-17(21-12-14-8-9-15(24-14)16(18)22)20-10-5-11-23-13-6-3-2-4-7-13/h2-4,6-9H,5,10-12H2,1H3,(H2,18,22)(H2,19,20,21). The number of para-hydroxylation sites is 1. The Labute approximate surface area is 140 Å². The second-order valence-electron chi connectivity index (χ2n) is 5.00. The highest BCUT2D eigenvalue weighted by Crippen LogP contribution is 2.08. The van der Waals surface area contributed by atoms with Gasteiger partial charge in [-0.25, -0.2) is 0 Å². The van der Waals surface area contributed by atoms with Gasteiger partial charge in [0.2, 0.25) is 0 Å². The van der Waals surface area contributed by atoms with E-state index < -0.39 is 5.91 Å². The third-order valence-corrected chi connectivity index (χ3v) is 3.18. The van der Waals surface area contributed by atoms with E-state index in [1.54, 1.807) is 19.2 Å². The number of nitrogens with two attached hydrogens (primary N) is 1. The first-order valence-corrected chi connectivity index (χ1v) is 7.70. The van der Waals surface area contributed by atoms with E-state index in [9.17, 15) is 4.79 Å². The average Bonchev–Trinajstić information content (AvgIpc) is 3.07. The van der Waals surface area contributed by atoms with Crippen molar-refractivity contribution >= 4 is 11.9 Å². The monoisotopic (exact) mass is 330 g/mol. The highest BCUT2D eigenvalue weighted by molar-refractivity contribution is 5.89. The van der Waals surface area contributed by atoms with Crippen molar-refractivity contribution < 1.29 is 13.9 Å². The van der Waals surface area contributed by atoms with Gasteiger partial charge < -0.3 is 25.5 Å². The number of hydrogen-bond donors (Lipinski definition) is 3. The number of aliphatic imine (C=N–C) groups is 1. The van der Waals surface area contributed by atoms with Crippen molar-refractivity contribution in [2.24, 2.45) is 10.7 Å². The molecular formula is C17H22N4O3. The molecule has 0 saturated carbocycles. The Morgan fingerprint density at radius 1 is 1.21 bits per heavy atom. The topological polar surface area (TPSA) is 102 Å². The fraction of sp³-hybridized carbons (Fsp3) is 0.294. The summed E-state index contributed by atoms with van der Waals surface area (Å²) < 4.78 is 10.9. The Morgan fingerprint density at radius 3 is 2.67 bits per heavy atom. The van der Waals surface area contributed by atoms with Crippen LogP contribution in [0.3, 0.4) is 0 Å². The minimum atomic E-state index is -0.581. The van der Waals surface area contributed by atoms with Gasteiger partial charge >= 0.3 is 0 Å². The van der Waals surface area contributed by atoms with Gasteiger partial charge in [0, 0.05) is 13.6 Å². The number of ether oxygens (including phenoxy) is 1. The summed E-state index contributed by atoms with van der Waals surface area (Å²) in [7, 11) is 1.69. The highest BCUT2D eigenvalue weighted by atomic mass is 16.5. The molecule has 0 aliphatic carbocycles. The largest absolute Gasteiger partial charge is 0.494 e. The van der Waals surface area contributed by atoms with E-state index in [1.165, 1.54) is 0 Å². The van der Waals surface area contributed by atoms with Crippen LogP contribution in [-0.2, 0) is 6.54 Å². The van der Waals surface area contributed by atoms with Gasteiger partial charge in [0.1, 0.15) is 11.5 Å². The summed E-state index contributed by atoms with van der Waals surface area (Å²) in [6.45, 7) is 1.75. The van der Waals surface area contributed by atoms with Gasteiger partial charge in [-0.1, -0.05) is 18.2 Å². The quantitative estimate of drug-likeness (QED) is 0.387. The summed E-state index contributed by atoms with van der Waals surface area (Å²) in [6.07, 6.45) is 0.835. The highest BCUT2D eigenvalue weighted by Gasteiger charge is 2.07. The number of hydrogen-bond acceptors (Lipinski definition) is 4. The van der Waals surface area contributed by atoms with Gasteiger partial charge in [-0.15, -0.1) is 0 Å². The van der Waals surface area contributed by atoms with Gasteiger partial charge in [-0.3, -0.25) is 9.79 Å². The SMILES string of the molecule is CN=C(NCCCOc1ccccc1)NCc1ccc(C(N)=O)o1. The molecule has 1 heterocycles. The van der Waals surface area contributed by atoms with Crippen molar-refractivity contribution in [1.82, 2.24) is 10.6 Å². The Hall–Kier alpha value is -2.96. The predicted octanol–water partition coefficient (Wildman–Crippen LogP) is 1.51. The van der Waals surface area contributed by atoms with Gasteiger partial charge in [-0.05, 0) is 30.7 Å². The maximum atomic E-state index is 11.0. The number of nitrogens with one attached hydrogen (secondary N) is 2. The molecule has 1 aromatic heterocycles. The minimum absolute atomic E-state index is 0.146. The first-order chi connectivity index (χ1) is 11.7. The lowest BCUT2D eigenvalue weighted by molar-refractivity contribution is 0.0972. The summed E-state index contributed by atoms with van der Waals surface area (Å²) in [6, 6.07) is 12.9. The third kappa shape index (κ3) is 5.68. The molecule has 0 aliphatic heterocycles. The van der Waals surface area contributed by atoms with Gasteiger partial charge in [0.15, 0.2) is 11.7 Å². The summed E-state index contributed by atoms with van der Waals surface area (Å²) in [5.41, 5.74) is 5.14. The molecular weight excluding hydrogens is 308 g/mol. The molecule has 1 amide bonds. The molecule has 128 valence electrons. The summed E-state index contributed by atoms with van der Waals surface area (Å²) >= 11 is 0. The Balaban J connectivity index is 1.64. The van der Waals surface area contributed by atoms with Crippen molar-refractivity contribution in [2.45, 2.75) is 13.0 Å². The maximum Gasteiger partial charge on any atom is 0.284 e. The maximum absolute atomic E-state index is 11.0. The number of benzene rings is 1. The van der Waals surface area contributed by atoms with Crippen molar-refractivity contribution in [3.63, 3.8) is 0 Å². The molecule has 7 heteroatoms. The molecule has 2 aromatic rings. The third-order valence-electron chi connectivity index (χ3n) is 3.18. The second-order valence-corrected chi connectivity index (χ2v) is 5.00. The zero-order valence-electron chi connectivity index (χ0n) is 13.6. The molecule has 24 heavy (non-hydrogen) atoms. The molecule has 7 nitrogen and oxygen atoms in total. The first kappa shape index (κ1) is 17.4. The number of furan rings is 1. The molecule has 0 bridgehead atoms. The molecule has 0 spiro atoms. The van der Waals surface area contributed by atoms with E-state index in [2.05, 4.69) is 15.6 Å². The minimum Gasteiger partial charge on any atom is -0.494 e. The van der Waals surface area contributed by atoms with E-state index in [-0.39, 0.29) is 5.76 Å².